The first-order valence-electron chi connectivity index (χ1n) is 6.36. The first-order chi connectivity index (χ1) is 10.5. The van der Waals surface area contributed by atoms with Crippen molar-refractivity contribution in [2.45, 2.75) is 0 Å². The van der Waals surface area contributed by atoms with Gasteiger partial charge in [-0.2, -0.15) is 10.4 Å². The highest BCUT2D eigenvalue weighted by atomic mass is 16.1. The van der Waals surface area contributed by atoms with E-state index in [-0.39, 0.29) is 5.69 Å². The fourth-order valence-corrected chi connectivity index (χ4v) is 1.63. The van der Waals surface area contributed by atoms with Crippen LogP contribution in [0, 0.1) is 11.3 Å². The molecular formula is C15H13N5O2. The molecule has 2 aromatic heterocycles. The van der Waals surface area contributed by atoms with Gasteiger partial charge in [-0.3, -0.25) is 14.6 Å². The molecule has 0 aliphatic rings. The third-order valence-corrected chi connectivity index (χ3v) is 2.68. The van der Waals surface area contributed by atoms with Gasteiger partial charge in [0.2, 0.25) is 11.2 Å². The van der Waals surface area contributed by atoms with Crippen LogP contribution in [-0.2, 0) is 0 Å². The van der Waals surface area contributed by atoms with Gasteiger partial charge in [0.15, 0.2) is 5.69 Å². The fraction of sp³-hybridized carbons (Fsp3) is 0.133. The van der Waals surface area contributed by atoms with Crippen LogP contribution >= 0.6 is 0 Å². The average molecular weight is 295 g/mol. The highest BCUT2D eigenvalue weighted by Crippen LogP contribution is 2.06. The molecule has 22 heavy (non-hydrogen) atoms. The summed E-state index contributed by atoms with van der Waals surface area (Å²) in [5.74, 6) is -0.488. The molecule has 0 saturated heterocycles. The van der Waals surface area contributed by atoms with E-state index in [9.17, 15) is 9.59 Å². The predicted octanol–water partition coefficient (Wildman–Crippen LogP) is 0.757. The maximum atomic E-state index is 12.0. The number of aromatic nitrogens is 3. The van der Waals surface area contributed by atoms with E-state index in [0.717, 1.165) is 0 Å². The lowest BCUT2D eigenvalue weighted by atomic mass is 10.2. The van der Waals surface area contributed by atoms with Gasteiger partial charge in [-0.1, -0.05) is 0 Å². The van der Waals surface area contributed by atoms with Gasteiger partial charge in [0.05, 0.1) is 17.4 Å². The summed E-state index contributed by atoms with van der Waals surface area (Å²) in [7, 11) is 3.53. The molecular weight excluding hydrogens is 282 g/mol. The Bertz CT molecular complexity index is 830. The second kappa shape index (κ2) is 6.45. The van der Waals surface area contributed by atoms with Crippen LogP contribution in [0.15, 0.2) is 47.8 Å². The molecule has 0 amide bonds. The number of pyridine rings is 1. The van der Waals surface area contributed by atoms with Crippen LogP contribution in [0.1, 0.15) is 16.1 Å². The normalized spacial score (nSPS) is 10.4. The van der Waals surface area contributed by atoms with Crippen LogP contribution in [0.4, 0.5) is 0 Å². The van der Waals surface area contributed by atoms with Crippen LogP contribution in [0.2, 0.25) is 0 Å². The zero-order valence-electron chi connectivity index (χ0n) is 12.1. The molecule has 0 fully saturated rings. The molecule has 0 bridgehead atoms. The Balaban J connectivity index is 2.44. The molecule has 0 saturated carbocycles. The second-order valence-electron chi connectivity index (χ2n) is 4.66. The Hall–Kier alpha value is -3.27. The van der Waals surface area contributed by atoms with Gasteiger partial charge in [-0.15, -0.1) is 0 Å². The first kappa shape index (κ1) is 15.1. The maximum Gasteiger partial charge on any atom is 0.211 e. The molecule has 7 nitrogen and oxygen atoms in total. The molecule has 0 N–H and O–H groups in total. The molecule has 0 spiro atoms. The van der Waals surface area contributed by atoms with Crippen LogP contribution in [0.5, 0.6) is 0 Å². The van der Waals surface area contributed by atoms with Gasteiger partial charge in [0.1, 0.15) is 6.07 Å². The lowest BCUT2D eigenvalue weighted by Crippen LogP contribution is -2.20. The van der Waals surface area contributed by atoms with Gasteiger partial charge in [0, 0.05) is 44.8 Å². The molecule has 0 aromatic carbocycles. The molecule has 0 unspecified atom stereocenters. The largest absolute Gasteiger partial charge is 0.383 e. The van der Waals surface area contributed by atoms with Gasteiger partial charge < -0.3 is 4.90 Å². The van der Waals surface area contributed by atoms with E-state index in [1.54, 1.807) is 31.3 Å². The SMILES string of the molecule is CN(C)/C=C/C(=O)c1nn(-c2cncc(C#N)c2)ccc1=O. The molecule has 0 aliphatic carbocycles. The minimum Gasteiger partial charge on any atom is -0.383 e. The molecule has 110 valence electrons. The van der Waals surface area contributed by atoms with E-state index in [0.29, 0.717) is 11.3 Å². The molecule has 0 radical (unpaired) electrons. The zero-order valence-corrected chi connectivity index (χ0v) is 12.1. The third kappa shape index (κ3) is 3.43. The standard InChI is InChI=1S/C15H13N5O2/c1-19(2)5-3-13(21)15-14(22)4-6-20(18-15)12-7-11(8-16)9-17-10-12/h3-7,9-10H,1-2H3/b5-3+. The lowest BCUT2D eigenvalue weighted by molar-refractivity contribution is 0.103. The van der Waals surface area contributed by atoms with E-state index in [1.165, 1.54) is 35.4 Å². The summed E-state index contributed by atoms with van der Waals surface area (Å²) in [6.07, 6.45) is 7.14. The van der Waals surface area contributed by atoms with Crippen LogP contribution in [0.25, 0.3) is 5.69 Å². The van der Waals surface area contributed by atoms with Crippen molar-refractivity contribution in [2.24, 2.45) is 0 Å². The van der Waals surface area contributed by atoms with Crippen molar-refractivity contribution in [3.8, 4) is 11.8 Å². The highest BCUT2D eigenvalue weighted by Gasteiger charge is 2.11. The van der Waals surface area contributed by atoms with Gasteiger partial charge in [-0.05, 0) is 6.07 Å². The second-order valence-corrected chi connectivity index (χ2v) is 4.66. The van der Waals surface area contributed by atoms with Gasteiger partial charge in [0.25, 0.3) is 0 Å². The van der Waals surface area contributed by atoms with Crippen molar-refractivity contribution in [3.05, 3.63) is 64.5 Å². The van der Waals surface area contributed by atoms with Crippen molar-refractivity contribution in [1.82, 2.24) is 19.7 Å². The summed E-state index contributed by atoms with van der Waals surface area (Å²) in [5.41, 5.74) is 0.195. The quantitative estimate of drug-likeness (QED) is 0.610. The molecule has 0 atom stereocenters. The number of allylic oxidation sites excluding steroid dienone is 1. The van der Waals surface area contributed by atoms with E-state index in [1.807, 2.05) is 6.07 Å². The Morgan fingerprint density at radius 2 is 2.18 bits per heavy atom. The zero-order chi connectivity index (χ0) is 16.1. The summed E-state index contributed by atoms with van der Waals surface area (Å²) >= 11 is 0. The van der Waals surface area contributed by atoms with Crippen LogP contribution < -0.4 is 5.43 Å². The highest BCUT2D eigenvalue weighted by molar-refractivity contribution is 6.02. The minimum absolute atomic E-state index is 0.192. The van der Waals surface area contributed by atoms with Crippen molar-refractivity contribution < 1.29 is 4.79 Å². The number of carbonyl (C=O) groups is 1. The number of nitrogens with zero attached hydrogens (tertiary/aromatic N) is 5. The number of hydrogen-bond donors (Lipinski definition) is 0. The summed E-state index contributed by atoms with van der Waals surface area (Å²) in [6, 6.07) is 4.79. The average Bonchev–Trinajstić information content (AvgIpc) is 2.53. The molecule has 0 aliphatic heterocycles. The molecule has 7 heteroatoms. The monoisotopic (exact) mass is 295 g/mol. The Morgan fingerprint density at radius 3 is 2.86 bits per heavy atom. The van der Waals surface area contributed by atoms with Gasteiger partial charge in [-0.25, -0.2) is 4.68 Å². The van der Waals surface area contributed by atoms with E-state index in [4.69, 9.17) is 5.26 Å². The number of hydrogen-bond acceptors (Lipinski definition) is 6. The summed E-state index contributed by atoms with van der Waals surface area (Å²) in [4.78, 5) is 29.4. The van der Waals surface area contributed by atoms with E-state index in [2.05, 4.69) is 10.1 Å². The van der Waals surface area contributed by atoms with Crippen molar-refractivity contribution >= 4 is 5.78 Å². The lowest BCUT2D eigenvalue weighted by Gasteiger charge is -2.06. The number of ketones is 1. The smallest absolute Gasteiger partial charge is 0.211 e. The summed E-state index contributed by atoms with van der Waals surface area (Å²) in [5, 5.41) is 12.9. The summed E-state index contributed by atoms with van der Waals surface area (Å²) < 4.78 is 1.34. The van der Waals surface area contributed by atoms with Crippen molar-refractivity contribution in [1.29, 1.82) is 5.26 Å². The van der Waals surface area contributed by atoms with Crippen LogP contribution in [0.3, 0.4) is 0 Å². The summed E-state index contributed by atoms with van der Waals surface area (Å²) in [6.45, 7) is 0. The number of carbonyl (C=O) groups excluding carboxylic acids is 1. The topological polar surface area (TPSA) is 91.9 Å². The van der Waals surface area contributed by atoms with Crippen molar-refractivity contribution in [2.75, 3.05) is 14.1 Å². The first-order valence-corrected chi connectivity index (χ1v) is 6.36. The van der Waals surface area contributed by atoms with Gasteiger partial charge >= 0.3 is 0 Å². The fourth-order valence-electron chi connectivity index (χ4n) is 1.63. The maximum absolute atomic E-state index is 12.0. The Kier molecular flexibility index (Phi) is 4.44. The Morgan fingerprint density at radius 1 is 1.41 bits per heavy atom. The van der Waals surface area contributed by atoms with E-state index >= 15 is 0 Å². The van der Waals surface area contributed by atoms with Crippen molar-refractivity contribution in [3.63, 3.8) is 0 Å². The third-order valence-electron chi connectivity index (χ3n) is 2.68. The number of nitriles is 1. The Labute approximate surface area is 126 Å². The predicted molar refractivity (Wildman–Crippen MR) is 79.5 cm³/mol. The minimum atomic E-state index is -0.488. The van der Waals surface area contributed by atoms with E-state index < -0.39 is 11.2 Å². The van der Waals surface area contributed by atoms with Crippen LogP contribution in [-0.4, -0.2) is 39.5 Å². The molecule has 2 rings (SSSR count). The molecule has 2 aromatic rings. The molecule has 2 heterocycles. The number of rotatable bonds is 4.